The fourth-order valence-electron chi connectivity index (χ4n) is 1.82. The molecule has 0 aliphatic rings. The number of benzene rings is 1. The molecular weight excluding hydrogens is 242 g/mol. The zero-order chi connectivity index (χ0) is 13.2. The first-order chi connectivity index (χ1) is 9.29. The maximum atomic E-state index is 5.60. The molecule has 6 nitrogen and oxygen atoms in total. The van der Waals surface area contributed by atoms with Crippen LogP contribution in [0.2, 0.25) is 0 Å². The van der Waals surface area contributed by atoms with E-state index in [1.54, 1.807) is 12.4 Å². The minimum absolute atomic E-state index is 0.0681. The number of fused-ring (bicyclic) bond motifs is 1. The van der Waals surface area contributed by atoms with Gasteiger partial charge in [0.15, 0.2) is 5.82 Å². The summed E-state index contributed by atoms with van der Waals surface area (Å²) in [6.45, 7) is 2.44. The van der Waals surface area contributed by atoms with Crippen LogP contribution in [0.3, 0.4) is 0 Å². The molecular formula is C13H13N5O. The minimum Gasteiger partial charge on any atom is -0.334 e. The predicted molar refractivity (Wildman–Crippen MR) is 70.3 cm³/mol. The molecule has 0 spiro atoms. The van der Waals surface area contributed by atoms with Crippen molar-refractivity contribution in [2.45, 2.75) is 12.8 Å². The number of hydrogen-bond donors (Lipinski definition) is 1. The van der Waals surface area contributed by atoms with Gasteiger partial charge in [-0.1, -0.05) is 18.1 Å². The van der Waals surface area contributed by atoms with E-state index in [1.807, 2.05) is 25.1 Å². The minimum atomic E-state index is 0.0681. The van der Waals surface area contributed by atoms with E-state index in [2.05, 4.69) is 20.1 Å². The summed E-state index contributed by atoms with van der Waals surface area (Å²) in [5.74, 6) is 1.12. The Morgan fingerprint density at radius 2 is 2.11 bits per heavy atom. The predicted octanol–water partition coefficient (Wildman–Crippen LogP) is 1.74. The zero-order valence-corrected chi connectivity index (χ0v) is 10.4. The van der Waals surface area contributed by atoms with Crippen LogP contribution < -0.4 is 5.73 Å². The van der Waals surface area contributed by atoms with E-state index >= 15 is 0 Å². The van der Waals surface area contributed by atoms with Gasteiger partial charge >= 0.3 is 0 Å². The van der Waals surface area contributed by atoms with Crippen molar-refractivity contribution in [2.24, 2.45) is 5.73 Å². The molecule has 2 N–H and O–H groups in total. The Morgan fingerprint density at radius 3 is 2.95 bits per heavy atom. The van der Waals surface area contributed by atoms with Gasteiger partial charge < -0.3 is 10.3 Å². The lowest BCUT2D eigenvalue weighted by Gasteiger charge is -2.00. The Hall–Kier alpha value is -2.34. The van der Waals surface area contributed by atoms with Crippen LogP contribution in [0.5, 0.6) is 0 Å². The average molecular weight is 255 g/mol. The van der Waals surface area contributed by atoms with Crippen LogP contribution in [0.1, 0.15) is 18.7 Å². The topological polar surface area (TPSA) is 90.7 Å². The van der Waals surface area contributed by atoms with Gasteiger partial charge in [0.2, 0.25) is 0 Å². The van der Waals surface area contributed by atoms with E-state index in [1.165, 1.54) is 0 Å². The molecule has 0 saturated carbocycles. The SMILES string of the molecule is CC(CN)c1noc(-c2cccc3nccnc23)n1. The van der Waals surface area contributed by atoms with E-state index in [0.717, 1.165) is 16.6 Å². The molecule has 0 aliphatic carbocycles. The molecule has 19 heavy (non-hydrogen) atoms. The summed E-state index contributed by atoms with van der Waals surface area (Å²) in [4.78, 5) is 12.9. The third-order valence-electron chi connectivity index (χ3n) is 2.97. The summed E-state index contributed by atoms with van der Waals surface area (Å²) in [6, 6.07) is 5.68. The maximum Gasteiger partial charge on any atom is 0.260 e. The van der Waals surface area contributed by atoms with E-state index in [0.29, 0.717) is 18.3 Å². The molecule has 0 amide bonds. The summed E-state index contributed by atoms with van der Waals surface area (Å²) in [5.41, 5.74) is 7.93. The molecule has 1 aromatic carbocycles. The van der Waals surface area contributed by atoms with Crippen molar-refractivity contribution in [3.8, 4) is 11.5 Å². The highest BCUT2D eigenvalue weighted by atomic mass is 16.5. The van der Waals surface area contributed by atoms with Crippen LogP contribution in [-0.2, 0) is 0 Å². The highest BCUT2D eigenvalue weighted by Gasteiger charge is 2.16. The summed E-state index contributed by atoms with van der Waals surface area (Å²) in [6.07, 6.45) is 3.30. The Kier molecular flexibility index (Phi) is 2.92. The van der Waals surface area contributed by atoms with Crippen LogP contribution in [0.4, 0.5) is 0 Å². The van der Waals surface area contributed by atoms with Gasteiger partial charge in [0.25, 0.3) is 5.89 Å². The lowest BCUT2D eigenvalue weighted by Crippen LogP contribution is -2.10. The second kappa shape index (κ2) is 4.74. The molecule has 6 heteroatoms. The number of hydrogen-bond acceptors (Lipinski definition) is 6. The molecule has 0 fully saturated rings. The second-order valence-corrected chi connectivity index (χ2v) is 4.32. The van der Waals surface area contributed by atoms with E-state index in [9.17, 15) is 0 Å². The number of nitrogens with zero attached hydrogens (tertiary/aromatic N) is 4. The van der Waals surface area contributed by atoms with Crippen LogP contribution in [-0.4, -0.2) is 26.7 Å². The monoisotopic (exact) mass is 255 g/mol. The van der Waals surface area contributed by atoms with Crippen molar-refractivity contribution in [1.29, 1.82) is 0 Å². The van der Waals surface area contributed by atoms with Gasteiger partial charge in [-0.2, -0.15) is 4.98 Å². The molecule has 0 aliphatic heterocycles. The van der Waals surface area contributed by atoms with Gasteiger partial charge in [0.1, 0.15) is 5.52 Å². The number of rotatable bonds is 3. The van der Waals surface area contributed by atoms with Crippen LogP contribution in [0, 0.1) is 0 Å². The van der Waals surface area contributed by atoms with Crippen LogP contribution in [0.25, 0.3) is 22.5 Å². The smallest absolute Gasteiger partial charge is 0.260 e. The van der Waals surface area contributed by atoms with E-state index < -0.39 is 0 Å². The molecule has 0 bridgehead atoms. The molecule has 2 heterocycles. The van der Waals surface area contributed by atoms with Crippen molar-refractivity contribution >= 4 is 11.0 Å². The molecule has 2 aromatic heterocycles. The fraction of sp³-hybridized carbons (Fsp3) is 0.231. The second-order valence-electron chi connectivity index (χ2n) is 4.32. The van der Waals surface area contributed by atoms with Crippen molar-refractivity contribution < 1.29 is 4.52 Å². The lowest BCUT2D eigenvalue weighted by atomic mass is 10.1. The first-order valence-electron chi connectivity index (χ1n) is 6.03. The first-order valence-corrected chi connectivity index (χ1v) is 6.03. The van der Waals surface area contributed by atoms with Gasteiger partial charge in [-0.15, -0.1) is 0 Å². The lowest BCUT2D eigenvalue weighted by molar-refractivity contribution is 0.418. The largest absolute Gasteiger partial charge is 0.334 e. The highest BCUT2D eigenvalue weighted by Crippen LogP contribution is 2.25. The van der Waals surface area contributed by atoms with Crippen molar-refractivity contribution in [1.82, 2.24) is 20.1 Å². The van der Waals surface area contributed by atoms with Crippen molar-refractivity contribution in [3.05, 3.63) is 36.4 Å². The maximum absolute atomic E-state index is 5.60. The van der Waals surface area contributed by atoms with Gasteiger partial charge in [0.05, 0.1) is 11.1 Å². The van der Waals surface area contributed by atoms with E-state index in [-0.39, 0.29) is 5.92 Å². The standard InChI is InChI=1S/C13H13N5O/c1-8(7-14)12-17-13(19-18-12)9-3-2-4-10-11(9)16-6-5-15-10/h2-6,8H,7,14H2,1H3. The number of nitrogens with two attached hydrogens (primary N) is 1. The van der Waals surface area contributed by atoms with Crippen molar-refractivity contribution in [2.75, 3.05) is 6.54 Å². The number of para-hydroxylation sites is 1. The Labute approximate surface area is 109 Å². The molecule has 1 unspecified atom stereocenters. The van der Waals surface area contributed by atoms with Crippen molar-refractivity contribution in [3.63, 3.8) is 0 Å². The third kappa shape index (κ3) is 2.06. The van der Waals surface area contributed by atoms with Crippen LogP contribution in [0.15, 0.2) is 35.1 Å². The average Bonchev–Trinajstić information content (AvgIpc) is 2.95. The summed E-state index contributed by atoms with van der Waals surface area (Å²) < 4.78 is 5.30. The Balaban J connectivity index is 2.12. The molecule has 96 valence electrons. The Morgan fingerprint density at radius 1 is 1.26 bits per heavy atom. The molecule has 0 saturated heterocycles. The van der Waals surface area contributed by atoms with E-state index in [4.69, 9.17) is 10.3 Å². The van der Waals surface area contributed by atoms with Gasteiger partial charge in [-0.05, 0) is 12.1 Å². The fourth-order valence-corrected chi connectivity index (χ4v) is 1.82. The Bertz CT molecular complexity index is 704. The molecule has 3 aromatic rings. The highest BCUT2D eigenvalue weighted by molar-refractivity contribution is 5.88. The molecule has 1 atom stereocenters. The molecule has 3 rings (SSSR count). The van der Waals surface area contributed by atoms with Gasteiger partial charge in [-0.3, -0.25) is 9.97 Å². The van der Waals surface area contributed by atoms with Crippen LogP contribution >= 0.6 is 0 Å². The van der Waals surface area contributed by atoms with Gasteiger partial charge in [-0.25, -0.2) is 0 Å². The summed E-state index contributed by atoms with van der Waals surface area (Å²) in [7, 11) is 0. The normalized spacial score (nSPS) is 12.7. The summed E-state index contributed by atoms with van der Waals surface area (Å²) >= 11 is 0. The van der Waals surface area contributed by atoms with Gasteiger partial charge in [0, 0.05) is 24.9 Å². The zero-order valence-electron chi connectivity index (χ0n) is 10.4. The molecule has 0 radical (unpaired) electrons. The quantitative estimate of drug-likeness (QED) is 0.766. The third-order valence-corrected chi connectivity index (χ3v) is 2.97. The number of aromatic nitrogens is 4. The first kappa shape index (κ1) is 11.7. The summed E-state index contributed by atoms with van der Waals surface area (Å²) in [5, 5.41) is 3.96.